The van der Waals surface area contributed by atoms with Crippen LogP contribution in [0.3, 0.4) is 0 Å². The average molecular weight is 344 g/mol. The van der Waals surface area contributed by atoms with Crippen LogP contribution in [-0.2, 0) is 22.4 Å². The van der Waals surface area contributed by atoms with Crippen LogP contribution in [0.2, 0.25) is 0 Å². The van der Waals surface area contributed by atoms with Crippen LogP contribution in [0.15, 0.2) is 16.6 Å². The molecule has 5 heteroatoms. The largest absolute Gasteiger partial charge is 0.493 e. The summed E-state index contributed by atoms with van der Waals surface area (Å²) in [6.07, 6.45) is 2.01. The van der Waals surface area contributed by atoms with Crippen molar-refractivity contribution in [3.05, 3.63) is 27.7 Å². The second-order valence-electron chi connectivity index (χ2n) is 4.79. The first-order chi connectivity index (χ1) is 9.81. The van der Waals surface area contributed by atoms with E-state index in [1.54, 1.807) is 7.11 Å². The minimum Gasteiger partial charge on any atom is -0.493 e. The number of hydrogen-bond acceptors (Lipinski definition) is 4. The van der Waals surface area contributed by atoms with E-state index >= 15 is 0 Å². The summed E-state index contributed by atoms with van der Waals surface area (Å²) in [6, 6.07) is 4.28. The van der Waals surface area contributed by atoms with Crippen molar-refractivity contribution in [3.8, 4) is 5.75 Å². The SMILES string of the molecule is COCCOCCCNCc1cc(Br)cc2c1OCC2. The number of nitrogens with one attached hydrogen (secondary N) is 1. The zero-order chi connectivity index (χ0) is 14.2. The number of ether oxygens (including phenoxy) is 3. The minimum atomic E-state index is 0.662. The van der Waals surface area contributed by atoms with E-state index < -0.39 is 0 Å². The van der Waals surface area contributed by atoms with Crippen LogP contribution in [0.1, 0.15) is 17.5 Å². The maximum Gasteiger partial charge on any atom is 0.127 e. The van der Waals surface area contributed by atoms with Crippen molar-refractivity contribution in [3.63, 3.8) is 0 Å². The summed E-state index contributed by atoms with van der Waals surface area (Å²) in [5.74, 6) is 1.07. The molecule has 1 aromatic carbocycles. The molecule has 0 aromatic heterocycles. The lowest BCUT2D eigenvalue weighted by Crippen LogP contribution is -2.17. The Kier molecular flexibility index (Phi) is 6.79. The maximum absolute atomic E-state index is 5.71. The van der Waals surface area contributed by atoms with Crippen LogP contribution in [-0.4, -0.2) is 40.1 Å². The number of halogens is 1. The summed E-state index contributed by atoms with van der Waals surface area (Å²) in [7, 11) is 1.68. The van der Waals surface area contributed by atoms with Gasteiger partial charge < -0.3 is 19.5 Å². The molecule has 0 saturated carbocycles. The summed E-state index contributed by atoms with van der Waals surface area (Å²) >= 11 is 3.56. The molecule has 1 heterocycles. The molecule has 4 nitrogen and oxygen atoms in total. The second-order valence-corrected chi connectivity index (χ2v) is 5.70. The number of rotatable bonds is 9. The molecule has 0 atom stereocenters. The van der Waals surface area contributed by atoms with Crippen molar-refractivity contribution in [1.29, 1.82) is 0 Å². The van der Waals surface area contributed by atoms with Crippen molar-refractivity contribution in [2.24, 2.45) is 0 Å². The fraction of sp³-hybridized carbons (Fsp3) is 0.600. The third kappa shape index (κ3) is 4.74. The van der Waals surface area contributed by atoms with Crippen molar-refractivity contribution < 1.29 is 14.2 Å². The van der Waals surface area contributed by atoms with Gasteiger partial charge >= 0.3 is 0 Å². The molecule has 0 unspecified atom stereocenters. The molecule has 0 radical (unpaired) electrons. The summed E-state index contributed by atoms with van der Waals surface area (Å²) in [5, 5.41) is 3.44. The summed E-state index contributed by atoms with van der Waals surface area (Å²) < 4.78 is 17.2. The zero-order valence-corrected chi connectivity index (χ0v) is 13.5. The van der Waals surface area contributed by atoms with Crippen LogP contribution in [0.4, 0.5) is 0 Å². The monoisotopic (exact) mass is 343 g/mol. The van der Waals surface area contributed by atoms with Crippen molar-refractivity contribution in [1.82, 2.24) is 5.32 Å². The Morgan fingerprint density at radius 2 is 2.20 bits per heavy atom. The Balaban J connectivity index is 1.67. The van der Waals surface area contributed by atoms with Crippen molar-refractivity contribution in [2.45, 2.75) is 19.4 Å². The van der Waals surface area contributed by atoms with E-state index in [9.17, 15) is 0 Å². The van der Waals surface area contributed by atoms with Crippen LogP contribution in [0.5, 0.6) is 5.75 Å². The number of hydrogen-bond donors (Lipinski definition) is 1. The topological polar surface area (TPSA) is 39.7 Å². The fourth-order valence-electron chi connectivity index (χ4n) is 2.24. The number of methoxy groups -OCH3 is 1. The van der Waals surface area contributed by atoms with Crippen molar-refractivity contribution >= 4 is 15.9 Å². The predicted octanol–water partition coefficient (Wildman–Crippen LogP) is 2.53. The molecule has 1 aliphatic heterocycles. The highest BCUT2D eigenvalue weighted by Gasteiger charge is 2.16. The highest BCUT2D eigenvalue weighted by molar-refractivity contribution is 9.10. The Bertz CT molecular complexity index is 426. The molecule has 1 aromatic rings. The molecule has 1 aliphatic rings. The van der Waals surface area contributed by atoms with E-state index in [0.29, 0.717) is 13.2 Å². The molecule has 112 valence electrons. The average Bonchev–Trinajstić information content (AvgIpc) is 2.89. The van der Waals surface area contributed by atoms with Gasteiger partial charge in [-0.1, -0.05) is 15.9 Å². The van der Waals surface area contributed by atoms with E-state index in [-0.39, 0.29) is 0 Å². The van der Waals surface area contributed by atoms with E-state index in [4.69, 9.17) is 14.2 Å². The molecule has 0 spiro atoms. The standard InChI is InChI=1S/C15H22BrNO3/c1-18-7-8-19-5-2-4-17-11-13-10-14(16)9-12-3-6-20-15(12)13/h9-10,17H,2-8,11H2,1H3. The van der Waals surface area contributed by atoms with Gasteiger partial charge in [0.25, 0.3) is 0 Å². The van der Waals surface area contributed by atoms with Gasteiger partial charge in [0, 0.05) is 36.7 Å². The highest BCUT2D eigenvalue weighted by atomic mass is 79.9. The molecule has 2 rings (SSSR count). The van der Waals surface area contributed by atoms with E-state index in [2.05, 4.69) is 33.4 Å². The molecule has 0 bridgehead atoms. The molecule has 0 fully saturated rings. The fourth-order valence-corrected chi connectivity index (χ4v) is 2.80. The molecular weight excluding hydrogens is 322 g/mol. The lowest BCUT2D eigenvalue weighted by atomic mass is 10.1. The first kappa shape index (κ1) is 15.8. The molecule has 1 N–H and O–H groups in total. The Morgan fingerprint density at radius 1 is 1.30 bits per heavy atom. The van der Waals surface area contributed by atoms with Gasteiger partial charge in [0.1, 0.15) is 5.75 Å². The third-order valence-electron chi connectivity index (χ3n) is 3.21. The summed E-state index contributed by atoms with van der Waals surface area (Å²) in [5.41, 5.74) is 2.53. The first-order valence-corrected chi connectivity index (χ1v) is 7.82. The van der Waals surface area contributed by atoms with E-state index in [1.165, 1.54) is 11.1 Å². The summed E-state index contributed by atoms with van der Waals surface area (Å²) in [6.45, 7) is 4.67. The van der Waals surface area contributed by atoms with Gasteiger partial charge in [0.15, 0.2) is 0 Å². The van der Waals surface area contributed by atoms with Crippen LogP contribution in [0, 0.1) is 0 Å². The zero-order valence-electron chi connectivity index (χ0n) is 11.9. The maximum atomic E-state index is 5.71. The van der Waals surface area contributed by atoms with Crippen LogP contribution in [0.25, 0.3) is 0 Å². The first-order valence-electron chi connectivity index (χ1n) is 7.02. The molecule has 0 saturated heterocycles. The number of fused-ring (bicyclic) bond motifs is 1. The molecule has 0 amide bonds. The smallest absolute Gasteiger partial charge is 0.127 e. The highest BCUT2D eigenvalue weighted by Crippen LogP contribution is 2.32. The van der Waals surface area contributed by atoms with Gasteiger partial charge in [-0.2, -0.15) is 0 Å². The lowest BCUT2D eigenvalue weighted by molar-refractivity contribution is 0.0694. The lowest BCUT2D eigenvalue weighted by Gasteiger charge is -2.10. The normalized spacial score (nSPS) is 13.3. The Morgan fingerprint density at radius 3 is 3.05 bits per heavy atom. The Labute approximate surface area is 128 Å². The second kappa shape index (κ2) is 8.62. The Hall–Kier alpha value is -0.620. The van der Waals surface area contributed by atoms with Gasteiger partial charge in [0.2, 0.25) is 0 Å². The van der Waals surface area contributed by atoms with Gasteiger partial charge in [-0.25, -0.2) is 0 Å². The van der Waals surface area contributed by atoms with E-state index in [1.807, 2.05) is 0 Å². The van der Waals surface area contributed by atoms with E-state index in [0.717, 1.165) is 49.4 Å². The van der Waals surface area contributed by atoms with Gasteiger partial charge in [-0.15, -0.1) is 0 Å². The minimum absolute atomic E-state index is 0.662. The predicted molar refractivity (Wildman–Crippen MR) is 82.4 cm³/mol. The third-order valence-corrected chi connectivity index (χ3v) is 3.67. The van der Waals surface area contributed by atoms with Gasteiger partial charge in [-0.05, 0) is 30.7 Å². The number of benzene rings is 1. The molecule has 0 aliphatic carbocycles. The van der Waals surface area contributed by atoms with Gasteiger partial charge in [-0.3, -0.25) is 0 Å². The van der Waals surface area contributed by atoms with Crippen molar-refractivity contribution in [2.75, 3.05) is 40.1 Å². The molecular formula is C15H22BrNO3. The summed E-state index contributed by atoms with van der Waals surface area (Å²) in [4.78, 5) is 0. The molecule has 20 heavy (non-hydrogen) atoms. The van der Waals surface area contributed by atoms with Crippen LogP contribution < -0.4 is 10.1 Å². The van der Waals surface area contributed by atoms with Gasteiger partial charge in [0.05, 0.1) is 19.8 Å². The quantitative estimate of drug-likeness (QED) is 0.699. The van der Waals surface area contributed by atoms with Crippen LogP contribution >= 0.6 is 15.9 Å².